The molecule has 0 unspecified atom stereocenters. The first-order valence-corrected chi connectivity index (χ1v) is 11.9. The number of hydrogen-bond acceptors (Lipinski definition) is 5. The molecule has 2 atom stereocenters. The molecule has 2 saturated heterocycles. The summed E-state index contributed by atoms with van der Waals surface area (Å²) in [5.74, 6) is 3.91. The number of anilines is 3. The molecule has 2 N–H and O–H groups in total. The van der Waals surface area contributed by atoms with Gasteiger partial charge in [-0.05, 0) is 55.8 Å². The Morgan fingerprint density at radius 1 is 1.00 bits per heavy atom. The summed E-state index contributed by atoms with van der Waals surface area (Å²) < 4.78 is 0. The van der Waals surface area contributed by atoms with Gasteiger partial charge in [0.25, 0.3) is 0 Å². The van der Waals surface area contributed by atoms with Crippen LogP contribution >= 0.6 is 12.2 Å². The van der Waals surface area contributed by atoms with Crippen LogP contribution in [0.15, 0.2) is 30.3 Å². The maximum atomic E-state index is 5.55. The van der Waals surface area contributed by atoms with Crippen molar-refractivity contribution in [3.05, 3.63) is 41.5 Å². The van der Waals surface area contributed by atoms with E-state index < -0.39 is 0 Å². The third-order valence-corrected chi connectivity index (χ3v) is 6.37. The van der Waals surface area contributed by atoms with Gasteiger partial charge in [0.15, 0.2) is 5.11 Å². The number of thiocarbonyl (C=S) groups is 1. The highest BCUT2D eigenvalue weighted by atomic mass is 32.1. The Labute approximate surface area is 191 Å². The predicted octanol–water partition coefficient (Wildman–Crippen LogP) is 4.35. The van der Waals surface area contributed by atoms with Crippen molar-refractivity contribution in [1.29, 1.82) is 0 Å². The largest absolute Gasteiger partial charge is 0.358 e. The van der Waals surface area contributed by atoms with Crippen LogP contribution in [-0.2, 0) is 6.54 Å². The van der Waals surface area contributed by atoms with Gasteiger partial charge in [-0.1, -0.05) is 43.7 Å². The van der Waals surface area contributed by atoms with E-state index >= 15 is 0 Å². The van der Waals surface area contributed by atoms with Gasteiger partial charge >= 0.3 is 0 Å². The standard InChI is InChI=1S/C24H34N6S/c1-17-6-8-20(9-7-17)14-25-24(31)28-23-26-21(29-10-4-5-11-29)13-22(27-23)30-15-18(2)12-19(3)16-30/h6-9,13,18-19H,4-5,10-12,14-16H2,1-3H3,(H2,25,26,27,28,31)/t18-,19-/m1/s1. The zero-order valence-electron chi connectivity index (χ0n) is 18.9. The molecule has 2 aromatic rings. The predicted molar refractivity (Wildman–Crippen MR) is 133 cm³/mol. The Hall–Kier alpha value is -2.41. The molecular weight excluding hydrogens is 404 g/mol. The second kappa shape index (κ2) is 9.81. The Bertz CT molecular complexity index is 883. The molecule has 0 radical (unpaired) electrons. The van der Waals surface area contributed by atoms with Gasteiger partial charge in [-0.3, -0.25) is 0 Å². The van der Waals surface area contributed by atoms with Crippen molar-refractivity contribution in [1.82, 2.24) is 15.3 Å². The van der Waals surface area contributed by atoms with Gasteiger partial charge < -0.3 is 20.4 Å². The molecule has 2 aliphatic rings. The normalized spacial score (nSPS) is 21.3. The summed E-state index contributed by atoms with van der Waals surface area (Å²) in [5.41, 5.74) is 2.45. The molecule has 4 rings (SSSR count). The van der Waals surface area contributed by atoms with Crippen LogP contribution in [0.4, 0.5) is 17.6 Å². The molecule has 0 saturated carbocycles. The molecule has 7 heteroatoms. The monoisotopic (exact) mass is 438 g/mol. The van der Waals surface area contributed by atoms with Crippen molar-refractivity contribution < 1.29 is 0 Å². The topological polar surface area (TPSA) is 56.3 Å². The van der Waals surface area contributed by atoms with Gasteiger partial charge in [-0.2, -0.15) is 9.97 Å². The van der Waals surface area contributed by atoms with Crippen molar-refractivity contribution in [2.24, 2.45) is 11.8 Å². The molecule has 0 bridgehead atoms. The van der Waals surface area contributed by atoms with Crippen LogP contribution in [0.25, 0.3) is 0 Å². The second-order valence-corrected chi connectivity index (χ2v) is 9.65. The van der Waals surface area contributed by atoms with E-state index in [1.165, 1.54) is 30.4 Å². The maximum Gasteiger partial charge on any atom is 0.232 e. The van der Waals surface area contributed by atoms with Gasteiger partial charge in [0.1, 0.15) is 11.6 Å². The number of rotatable bonds is 5. The van der Waals surface area contributed by atoms with E-state index in [1.54, 1.807) is 0 Å². The minimum absolute atomic E-state index is 0.547. The van der Waals surface area contributed by atoms with Crippen LogP contribution in [0.1, 0.15) is 44.2 Å². The lowest BCUT2D eigenvalue weighted by Crippen LogP contribution is -2.39. The summed E-state index contributed by atoms with van der Waals surface area (Å²) in [5, 5.41) is 7.06. The molecular formula is C24H34N6S. The van der Waals surface area contributed by atoms with E-state index in [0.717, 1.165) is 37.8 Å². The van der Waals surface area contributed by atoms with Crippen LogP contribution in [0.3, 0.4) is 0 Å². The van der Waals surface area contributed by atoms with Crippen molar-refractivity contribution in [2.75, 3.05) is 41.3 Å². The zero-order chi connectivity index (χ0) is 21.8. The number of piperidine rings is 1. The molecule has 2 aliphatic heterocycles. The average molecular weight is 439 g/mol. The summed E-state index contributed by atoms with van der Waals surface area (Å²) in [7, 11) is 0. The highest BCUT2D eigenvalue weighted by molar-refractivity contribution is 7.80. The maximum absolute atomic E-state index is 5.55. The van der Waals surface area contributed by atoms with Crippen LogP contribution < -0.4 is 20.4 Å². The van der Waals surface area contributed by atoms with Crippen molar-refractivity contribution in [3.63, 3.8) is 0 Å². The first-order chi connectivity index (χ1) is 15.0. The molecule has 1 aromatic carbocycles. The molecule has 3 heterocycles. The molecule has 0 aliphatic carbocycles. The summed E-state index contributed by atoms with van der Waals surface area (Å²) >= 11 is 5.55. The van der Waals surface area contributed by atoms with Crippen molar-refractivity contribution >= 4 is 34.9 Å². The van der Waals surface area contributed by atoms with Crippen LogP contribution in [-0.4, -0.2) is 41.3 Å². The lowest BCUT2D eigenvalue weighted by molar-refractivity contribution is 0.355. The van der Waals surface area contributed by atoms with Crippen LogP contribution in [0.2, 0.25) is 0 Å². The van der Waals surface area contributed by atoms with Crippen molar-refractivity contribution in [2.45, 2.75) is 46.6 Å². The van der Waals surface area contributed by atoms with Crippen LogP contribution in [0, 0.1) is 18.8 Å². The zero-order valence-corrected chi connectivity index (χ0v) is 19.7. The first-order valence-electron chi connectivity index (χ1n) is 11.5. The number of nitrogens with one attached hydrogen (secondary N) is 2. The third kappa shape index (κ3) is 5.85. The summed E-state index contributed by atoms with van der Waals surface area (Å²) in [6.07, 6.45) is 3.71. The van der Waals surface area contributed by atoms with E-state index in [2.05, 4.69) is 71.5 Å². The number of aromatic nitrogens is 2. The molecule has 31 heavy (non-hydrogen) atoms. The fourth-order valence-corrected chi connectivity index (χ4v) is 4.80. The van der Waals surface area contributed by atoms with Crippen molar-refractivity contribution in [3.8, 4) is 0 Å². The number of benzene rings is 1. The minimum atomic E-state index is 0.547. The SMILES string of the molecule is Cc1ccc(CNC(=S)Nc2nc(N3CCCC3)cc(N3C[C@H](C)C[C@@H](C)C3)n2)cc1. The Kier molecular flexibility index (Phi) is 6.90. The van der Waals surface area contributed by atoms with E-state index in [4.69, 9.17) is 22.2 Å². The first kappa shape index (κ1) is 21.8. The second-order valence-electron chi connectivity index (χ2n) is 9.25. The molecule has 1 aromatic heterocycles. The third-order valence-electron chi connectivity index (χ3n) is 6.12. The van der Waals surface area contributed by atoms with Gasteiger partial charge in [0.05, 0.1) is 0 Å². The lowest BCUT2D eigenvalue weighted by Gasteiger charge is -2.36. The lowest BCUT2D eigenvalue weighted by atomic mass is 9.92. The highest BCUT2D eigenvalue weighted by Gasteiger charge is 2.25. The van der Waals surface area contributed by atoms with Gasteiger partial charge in [0.2, 0.25) is 5.95 Å². The van der Waals surface area contributed by atoms with E-state index in [1.807, 2.05) is 0 Å². The van der Waals surface area contributed by atoms with E-state index in [-0.39, 0.29) is 0 Å². The smallest absolute Gasteiger partial charge is 0.232 e. The molecule has 0 spiro atoms. The number of nitrogens with zero attached hydrogens (tertiary/aromatic N) is 4. The fraction of sp³-hybridized carbons (Fsp3) is 0.542. The Morgan fingerprint density at radius 3 is 2.26 bits per heavy atom. The quantitative estimate of drug-likeness (QED) is 0.673. The van der Waals surface area contributed by atoms with E-state index in [0.29, 0.717) is 29.4 Å². The molecule has 2 fully saturated rings. The Balaban J connectivity index is 1.49. The van der Waals surface area contributed by atoms with E-state index in [9.17, 15) is 0 Å². The van der Waals surface area contributed by atoms with Gasteiger partial charge in [-0.25, -0.2) is 0 Å². The Morgan fingerprint density at radius 2 is 1.61 bits per heavy atom. The van der Waals surface area contributed by atoms with Gasteiger partial charge in [0, 0.05) is 38.8 Å². The van der Waals surface area contributed by atoms with Gasteiger partial charge in [-0.15, -0.1) is 0 Å². The molecule has 0 amide bonds. The average Bonchev–Trinajstić information content (AvgIpc) is 3.27. The molecule has 166 valence electrons. The fourth-order valence-electron chi connectivity index (χ4n) is 4.63. The highest BCUT2D eigenvalue weighted by Crippen LogP contribution is 2.29. The number of aryl methyl sites for hydroxylation is 1. The number of hydrogen-bond donors (Lipinski definition) is 2. The summed E-state index contributed by atoms with van der Waals surface area (Å²) in [6, 6.07) is 10.6. The molecule has 6 nitrogen and oxygen atoms in total. The van der Waals surface area contributed by atoms with Crippen LogP contribution in [0.5, 0.6) is 0 Å². The summed E-state index contributed by atoms with van der Waals surface area (Å²) in [4.78, 5) is 14.4. The minimum Gasteiger partial charge on any atom is -0.358 e. The summed E-state index contributed by atoms with van der Waals surface area (Å²) in [6.45, 7) is 11.6.